The fourth-order valence-electron chi connectivity index (χ4n) is 0.750. The second kappa shape index (κ2) is 8.13. The van der Waals surface area contributed by atoms with Crippen LogP contribution in [0.25, 0.3) is 0 Å². The van der Waals surface area contributed by atoms with Gasteiger partial charge in [-0.2, -0.15) is 0 Å². The van der Waals surface area contributed by atoms with Gasteiger partial charge in [0.2, 0.25) is 0 Å². The van der Waals surface area contributed by atoms with Gasteiger partial charge in [-0.3, -0.25) is 0 Å². The molecule has 0 amide bonds. The van der Waals surface area contributed by atoms with E-state index in [1.54, 1.807) is 5.41 Å². The van der Waals surface area contributed by atoms with Crippen molar-refractivity contribution in [1.29, 1.82) is 0 Å². The van der Waals surface area contributed by atoms with E-state index in [0.29, 0.717) is 5.75 Å². The largest absolute Gasteiger partial charge is 0.248 e. The van der Waals surface area contributed by atoms with E-state index in [0.717, 1.165) is 17.2 Å². The number of rotatable bonds is 8. The van der Waals surface area contributed by atoms with Crippen molar-refractivity contribution in [3.05, 3.63) is 24.1 Å². The Morgan fingerprint density at radius 2 is 2.07 bits per heavy atom. The second-order valence-electron chi connectivity index (χ2n) is 2.84. The van der Waals surface area contributed by atoms with Crippen molar-refractivity contribution >= 4 is 30.5 Å². The Hall–Kier alpha value is -0.0700. The van der Waals surface area contributed by atoms with Crippen molar-refractivity contribution in [2.75, 3.05) is 17.3 Å². The summed E-state index contributed by atoms with van der Waals surface area (Å²) in [6, 6.07) is 0. The Balaban J connectivity index is 3.90. The van der Waals surface area contributed by atoms with E-state index in [2.05, 4.69) is 6.58 Å². The molecule has 1 atom stereocenters. The molecule has 0 heterocycles. The molecule has 0 aliphatic heterocycles. The molecule has 0 aromatic rings. The minimum Gasteiger partial charge on any atom is -0.248 e. The molecule has 0 aliphatic rings. The number of hydrogen-bond acceptors (Lipinski definition) is 4. The van der Waals surface area contributed by atoms with E-state index in [1.807, 2.05) is 6.92 Å². The average Bonchev–Trinajstić information content (AvgIpc) is 2.13. The minimum absolute atomic E-state index is 0.0138. The molecule has 0 saturated carbocycles. The van der Waals surface area contributed by atoms with E-state index in [-0.39, 0.29) is 11.5 Å². The van der Waals surface area contributed by atoms with Gasteiger partial charge in [0.05, 0.1) is 21.3 Å². The van der Waals surface area contributed by atoms with Crippen molar-refractivity contribution < 1.29 is 12.6 Å². The van der Waals surface area contributed by atoms with Crippen LogP contribution in [0, 0.1) is 0 Å². The zero-order valence-corrected chi connectivity index (χ0v) is 11.2. The Morgan fingerprint density at radius 1 is 1.40 bits per heavy atom. The van der Waals surface area contributed by atoms with Crippen LogP contribution in [-0.4, -0.2) is 29.9 Å². The maximum absolute atomic E-state index is 11.2. The van der Waals surface area contributed by atoms with Crippen molar-refractivity contribution in [3.63, 3.8) is 0 Å². The lowest BCUT2D eigenvalue weighted by Gasteiger charge is -1.95. The summed E-state index contributed by atoms with van der Waals surface area (Å²) in [6.07, 6.45) is 3.75. The molecular formula is C9H16O3S3. The van der Waals surface area contributed by atoms with Gasteiger partial charge in [0, 0.05) is 5.75 Å². The minimum atomic E-state index is -3.06. The molecule has 0 radical (unpaired) electrons. The van der Waals surface area contributed by atoms with Crippen LogP contribution in [0.4, 0.5) is 0 Å². The highest BCUT2D eigenvalue weighted by molar-refractivity contribution is 8.70. The normalized spacial score (nSPS) is 14.2. The third-order valence-corrected chi connectivity index (χ3v) is 5.53. The van der Waals surface area contributed by atoms with Crippen LogP contribution in [0.15, 0.2) is 24.1 Å². The molecule has 0 rings (SSSR count). The highest BCUT2D eigenvalue weighted by Gasteiger charge is 2.04. The quantitative estimate of drug-likeness (QED) is 0.498. The topological polar surface area (TPSA) is 51.2 Å². The third-order valence-electron chi connectivity index (χ3n) is 1.35. The summed E-state index contributed by atoms with van der Waals surface area (Å²) in [7, 11) is -2.84. The molecule has 88 valence electrons. The first-order valence-corrected chi connectivity index (χ1v) is 9.07. The summed E-state index contributed by atoms with van der Waals surface area (Å²) in [5, 5.41) is 1.59. The maximum Gasteiger partial charge on any atom is 0.157 e. The van der Waals surface area contributed by atoms with E-state index in [9.17, 15) is 12.6 Å². The summed E-state index contributed by atoms with van der Waals surface area (Å²) in [6.45, 7) is 5.32. The highest BCUT2D eigenvalue weighted by atomic mass is 33.1. The molecule has 3 nitrogen and oxygen atoms in total. The molecule has 0 aliphatic carbocycles. The molecule has 0 bridgehead atoms. The molecule has 0 aromatic carbocycles. The first-order valence-electron chi connectivity index (χ1n) is 4.53. The third kappa shape index (κ3) is 8.89. The molecular weight excluding hydrogens is 252 g/mol. The van der Waals surface area contributed by atoms with Crippen LogP contribution >= 0.6 is 10.8 Å². The van der Waals surface area contributed by atoms with Gasteiger partial charge in [-0.05, 0) is 22.6 Å². The fourth-order valence-corrected chi connectivity index (χ4v) is 3.88. The maximum atomic E-state index is 11.2. The Morgan fingerprint density at radius 3 is 2.60 bits per heavy atom. The van der Waals surface area contributed by atoms with Crippen LogP contribution in [-0.2, 0) is 19.7 Å². The van der Waals surface area contributed by atoms with Crippen LogP contribution < -0.4 is 0 Å². The van der Waals surface area contributed by atoms with E-state index in [1.165, 1.54) is 12.2 Å². The van der Waals surface area contributed by atoms with Gasteiger partial charge in [0.15, 0.2) is 9.84 Å². The van der Waals surface area contributed by atoms with Gasteiger partial charge >= 0.3 is 0 Å². The number of sulfone groups is 1. The van der Waals surface area contributed by atoms with Crippen LogP contribution in [0.3, 0.4) is 0 Å². The predicted molar refractivity (Wildman–Crippen MR) is 68.9 cm³/mol. The highest BCUT2D eigenvalue weighted by Crippen LogP contribution is 2.10. The van der Waals surface area contributed by atoms with Gasteiger partial charge in [0.1, 0.15) is 0 Å². The van der Waals surface area contributed by atoms with E-state index in [4.69, 9.17) is 0 Å². The zero-order valence-electron chi connectivity index (χ0n) is 8.72. The van der Waals surface area contributed by atoms with E-state index < -0.39 is 19.7 Å². The first kappa shape index (κ1) is 14.9. The predicted octanol–water partition coefficient (Wildman–Crippen LogP) is 1.91. The lowest BCUT2D eigenvalue weighted by atomic mass is 10.6. The van der Waals surface area contributed by atoms with Crippen molar-refractivity contribution in [2.45, 2.75) is 13.3 Å². The van der Waals surface area contributed by atoms with Gasteiger partial charge in [-0.25, -0.2) is 12.6 Å². The second-order valence-corrected chi connectivity index (χ2v) is 8.17. The molecule has 6 heteroatoms. The summed E-state index contributed by atoms with van der Waals surface area (Å²) in [5.74, 6) is 0.601. The van der Waals surface area contributed by atoms with Crippen LogP contribution in [0.5, 0.6) is 0 Å². The first-order chi connectivity index (χ1) is 7.02. The molecule has 0 aromatic heterocycles. The lowest BCUT2D eigenvalue weighted by molar-refractivity contribution is 0.602. The lowest BCUT2D eigenvalue weighted by Crippen LogP contribution is -2.06. The number of hydrogen-bond donors (Lipinski definition) is 0. The summed E-state index contributed by atoms with van der Waals surface area (Å²) in [4.78, 5) is 0. The van der Waals surface area contributed by atoms with Crippen LogP contribution in [0.1, 0.15) is 13.3 Å². The van der Waals surface area contributed by atoms with Gasteiger partial charge in [-0.1, -0.05) is 19.1 Å². The smallest absolute Gasteiger partial charge is 0.157 e. The SMILES string of the molecule is C=CCS(=O)(=O)C/C=C\SS(=O)CCC. The van der Waals surface area contributed by atoms with Crippen molar-refractivity contribution in [2.24, 2.45) is 0 Å². The molecule has 1 unspecified atom stereocenters. The molecule has 0 fully saturated rings. The molecule has 15 heavy (non-hydrogen) atoms. The molecule has 0 spiro atoms. The van der Waals surface area contributed by atoms with E-state index >= 15 is 0 Å². The monoisotopic (exact) mass is 268 g/mol. The Kier molecular flexibility index (Phi) is 8.09. The Bertz CT molecular complexity index is 331. The zero-order chi connectivity index (χ0) is 11.7. The molecule has 0 saturated heterocycles. The summed E-state index contributed by atoms with van der Waals surface area (Å²) in [5.41, 5.74) is 0. The standard InChI is InChI=1S/C9H16O3S3/c1-3-7-14(10)13-6-5-9-15(11,12)8-4-2/h4-6H,2-3,7-9H2,1H3/b6-5-. The van der Waals surface area contributed by atoms with Crippen molar-refractivity contribution in [1.82, 2.24) is 0 Å². The van der Waals surface area contributed by atoms with Gasteiger partial charge in [-0.15, -0.1) is 6.58 Å². The Labute approximate surface area is 97.8 Å². The summed E-state index contributed by atoms with van der Waals surface area (Å²) >= 11 is 0. The summed E-state index contributed by atoms with van der Waals surface area (Å²) < 4.78 is 33.5. The fraction of sp³-hybridized carbons (Fsp3) is 0.556. The average molecular weight is 268 g/mol. The molecule has 0 N–H and O–H groups in total. The van der Waals surface area contributed by atoms with Crippen molar-refractivity contribution in [3.8, 4) is 0 Å². The van der Waals surface area contributed by atoms with Crippen LogP contribution in [0.2, 0.25) is 0 Å². The van der Waals surface area contributed by atoms with Gasteiger partial charge in [0.25, 0.3) is 0 Å². The van der Waals surface area contributed by atoms with Gasteiger partial charge < -0.3 is 0 Å².